The van der Waals surface area contributed by atoms with E-state index in [4.69, 9.17) is 4.74 Å². The summed E-state index contributed by atoms with van der Waals surface area (Å²) in [6, 6.07) is 22.4. The third-order valence-corrected chi connectivity index (χ3v) is 6.14. The van der Waals surface area contributed by atoms with Crippen LogP contribution >= 0.6 is 11.8 Å². The molecule has 0 spiro atoms. The van der Waals surface area contributed by atoms with Gasteiger partial charge in [-0.25, -0.2) is 10.4 Å². The lowest BCUT2D eigenvalue weighted by Crippen LogP contribution is -2.24. The van der Waals surface area contributed by atoms with Gasteiger partial charge in [-0.05, 0) is 48.9 Å². The number of carbonyl (C=O) groups is 1. The van der Waals surface area contributed by atoms with E-state index in [9.17, 15) is 9.59 Å². The van der Waals surface area contributed by atoms with Crippen LogP contribution in [0.1, 0.15) is 11.1 Å². The van der Waals surface area contributed by atoms with Crippen LogP contribution in [-0.2, 0) is 4.79 Å². The number of thioether (sulfide) groups is 1. The van der Waals surface area contributed by atoms with Gasteiger partial charge in [0, 0.05) is 11.8 Å². The molecular weight excluding hydrogens is 460 g/mol. The first kappa shape index (κ1) is 24.0. The van der Waals surface area contributed by atoms with Crippen molar-refractivity contribution in [3.05, 3.63) is 100 Å². The number of nitrogens with one attached hydrogen (secondary N) is 1. The predicted molar refractivity (Wildman–Crippen MR) is 141 cm³/mol. The van der Waals surface area contributed by atoms with Crippen LogP contribution in [0.25, 0.3) is 22.7 Å². The van der Waals surface area contributed by atoms with Crippen LogP contribution in [0.5, 0.6) is 5.75 Å². The van der Waals surface area contributed by atoms with Gasteiger partial charge in [-0.3, -0.25) is 14.2 Å². The number of carbonyl (C=O) groups excluding carboxylic acids is 1. The molecule has 0 saturated carbocycles. The summed E-state index contributed by atoms with van der Waals surface area (Å²) in [4.78, 5) is 30.4. The van der Waals surface area contributed by atoms with Crippen molar-refractivity contribution in [2.45, 2.75) is 12.1 Å². The van der Waals surface area contributed by atoms with E-state index < -0.39 is 0 Å². The molecule has 0 unspecified atom stereocenters. The van der Waals surface area contributed by atoms with Crippen molar-refractivity contribution in [3.63, 3.8) is 0 Å². The van der Waals surface area contributed by atoms with Crippen molar-refractivity contribution in [1.82, 2.24) is 15.0 Å². The smallest absolute Gasteiger partial charge is 0.266 e. The summed E-state index contributed by atoms with van der Waals surface area (Å²) in [5.74, 6) is 0.486. The molecule has 0 atom stereocenters. The number of allylic oxidation sites excluding steroid dienone is 1. The van der Waals surface area contributed by atoms with Crippen LogP contribution in [-0.4, -0.2) is 34.5 Å². The van der Waals surface area contributed by atoms with Crippen molar-refractivity contribution in [1.29, 1.82) is 0 Å². The monoisotopic (exact) mass is 484 g/mol. The van der Waals surface area contributed by atoms with Crippen molar-refractivity contribution in [2.75, 3.05) is 12.9 Å². The zero-order chi connectivity index (χ0) is 24.6. The number of hydrazone groups is 1. The fraction of sp³-hybridized carbons (Fsp3) is 0.111. The van der Waals surface area contributed by atoms with Crippen molar-refractivity contribution >= 4 is 40.9 Å². The van der Waals surface area contributed by atoms with E-state index >= 15 is 0 Å². The van der Waals surface area contributed by atoms with Gasteiger partial charge in [0.15, 0.2) is 5.16 Å². The maximum Gasteiger partial charge on any atom is 0.266 e. The molecule has 0 aliphatic carbocycles. The lowest BCUT2D eigenvalue weighted by Gasteiger charge is -2.14. The molecule has 3 aromatic carbocycles. The number of ether oxygens (including phenoxy) is 1. The highest BCUT2D eigenvalue weighted by molar-refractivity contribution is 7.99. The lowest BCUT2D eigenvalue weighted by atomic mass is 10.2. The van der Waals surface area contributed by atoms with Gasteiger partial charge in [-0.2, -0.15) is 5.10 Å². The van der Waals surface area contributed by atoms with Gasteiger partial charge < -0.3 is 4.74 Å². The van der Waals surface area contributed by atoms with Crippen molar-refractivity contribution < 1.29 is 9.53 Å². The van der Waals surface area contributed by atoms with E-state index in [0.29, 0.717) is 16.1 Å². The molecule has 0 aliphatic heterocycles. The zero-order valence-corrected chi connectivity index (χ0v) is 20.2. The average Bonchev–Trinajstić information content (AvgIpc) is 2.88. The SMILES string of the molecule is COc1ccccc1/C=C\C=N/NC(=O)CSc1nc2ccccc2c(=O)n1-c1ccccc1C. The molecule has 1 amide bonds. The standard InChI is InChI=1S/C27H24N4O3S/c1-19-10-3-7-15-23(19)31-26(33)21-13-5-6-14-22(21)29-27(31)35-18-25(32)30-28-17-9-12-20-11-4-8-16-24(20)34-2/h3-17H,18H2,1-2H3,(H,30,32)/b12-9-,28-17-. The molecule has 7 nitrogen and oxygen atoms in total. The Kier molecular flexibility index (Phi) is 7.74. The number of methoxy groups -OCH3 is 1. The maximum absolute atomic E-state index is 13.3. The maximum atomic E-state index is 13.3. The Morgan fingerprint density at radius 3 is 2.66 bits per heavy atom. The Balaban J connectivity index is 1.49. The molecule has 1 N–H and O–H groups in total. The Morgan fingerprint density at radius 2 is 1.83 bits per heavy atom. The van der Waals surface area contributed by atoms with E-state index in [1.54, 1.807) is 29.9 Å². The number of benzene rings is 3. The zero-order valence-electron chi connectivity index (χ0n) is 19.3. The van der Waals surface area contributed by atoms with Crippen LogP contribution in [0.3, 0.4) is 0 Å². The molecule has 0 saturated heterocycles. The van der Waals surface area contributed by atoms with Crippen molar-refractivity contribution in [2.24, 2.45) is 5.10 Å². The molecule has 8 heteroatoms. The number of rotatable bonds is 8. The van der Waals surface area contributed by atoms with Crippen LogP contribution < -0.4 is 15.7 Å². The molecule has 35 heavy (non-hydrogen) atoms. The average molecular weight is 485 g/mol. The minimum atomic E-state index is -0.310. The summed E-state index contributed by atoms with van der Waals surface area (Å²) >= 11 is 1.18. The Morgan fingerprint density at radius 1 is 1.09 bits per heavy atom. The summed E-state index contributed by atoms with van der Waals surface area (Å²) in [6.45, 7) is 1.94. The van der Waals surface area contributed by atoms with Crippen LogP contribution in [0.4, 0.5) is 0 Å². The number of nitrogens with zero attached hydrogens (tertiary/aromatic N) is 3. The third kappa shape index (κ3) is 5.67. The van der Waals surface area contributed by atoms with Gasteiger partial charge in [0.25, 0.3) is 11.5 Å². The van der Waals surface area contributed by atoms with Crippen LogP contribution in [0.2, 0.25) is 0 Å². The van der Waals surface area contributed by atoms with E-state index in [1.165, 1.54) is 18.0 Å². The lowest BCUT2D eigenvalue weighted by molar-refractivity contribution is -0.118. The third-order valence-electron chi connectivity index (χ3n) is 5.20. The fourth-order valence-corrected chi connectivity index (χ4v) is 4.30. The second-order valence-corrected chi connectivity index (χ2v) is 8.48. The summed E-state index contributed by atoms with van der Waals surface area (Å²) in [5.41, 5.74) is 5.49. The first-order valence-electron chi connectivity index (χ1n) is 10.9. The topological polar surface area (TPSA) is 85.6 Å². The summed E-state index contributed by atoms with van der Waals surface area (Å²) in [7, 11) is 1.61. The quantitative estimate of drug-likeness (QED) is 0.171. The van der Waals surface area contributed by atoms with E-state index in [-0.39, 0.29) is 17.2 Å². The number of hydrogen-bond donors (Lipinski definition) is 1. The first-order chi connectivity index (χ1) is 17.1. The van der Waals surface area contributed by atoms with Gasteiger partial charge in [-0.15, -0.1) is 0 Å². The minimum Gasteiger partial charge on any atom is -0.496 e. The molecule has 176 valence electrons. The molecule has 0 bridgehead atoms. The number of amides is 1. The summed E-state index contributed by atoms with van der Waals surface area (Å²) in [6.07, 6.45) is 5.04. The Bertz CT molecular complexity index is 1480. The predicted octanol–water partition coefficient (Wildman–Crippen LogP) is 4.61. The van der Waals surface area contributed by atoms with Gasteiger partial charge >= 0.3 is 0 Å². The number of hydrogen-bond acceptors (Lipinski definition) is 6. The second-order valence-electron chi connectivity index (χ2n) is 7.54. The first-order valence-corrected chi connectivity index (χ1v) is 11.9. The van der Waals surface area contributed by atoms with Gasteiger partial charge in [0.2, 0.25) is 0 Å². The molecule has 0 fully saturated rings. The van der Waals surface area contributed by atoms with E-state index in [0.717, 1.165) is 22.6 Å². The number of aryl methyl sites for hydroxylation is 1. The minimum absolute atomic E-state index is 0.0459. The number of aromatic nitrogens is 2. The largest absolute Gasteiger partial charge is 0.496 e. The van der Waals surface area contributed by atoms with Gasteiger partial charge in [-0.1, -0.05) is 60.3 Å². The molecule has 4 aromatic rings. The fourth-order valence-electron chi connectivity index (χ4n) is 3.50. The van der Waals surface area contributed by atoms with Crippen molar-refractivity contribution in [3.8, 4) is 11.4 Å². The van der Waals surface area contributed by atoms with E-state index in [2.05, 4.69) is 15.5 Å². The molecular formula is C27H24N4O3S. The van der Waals surface area contributed by atoms with Crippen LogP contribution in [0, 0.1) is 6.92 Å². The highest BCUT2D eigenvalue weighted by Gasteiger charge is 2.15. The molecule has 1 heterocycles. The van der Waals surface area contributed by atoms with Crippen LogP contribution in [0.15, 0.2) is 93.9 Å². The van der Waals surface area contributed by atoms with E-state index in [1.807, 2.05) is 73.7 Å². The van der Waals surface area contributed by atoms with Gasteiger partial charge in [0.05, 0.1) is 29.5 Å². The number of para-hydroxylation sites is 3. The molecule has 0 radical (unpaired) electrons. The Hall–Kier alpha value is -4.17. The summed E-state index contributed by atoms with van der Waals surface area (Å²) in [5, 5.41) is 4.93. The number of fused-ring (bicyclic) bond motifs is 1. The Labute approximate surface area is 207 Å². The second kappa shape index (κ2) is 11.3. The molecule has 1 aromatic heterocycles. The highest BCUT2D eigenvalue weighted by Crippen LogP contribution is 2.23. The normalized spacial score (nSPS) is 11.4. The molecule has 0 aliphatic rings. The van der Waals surface area contributed by atoms with Gasteiger partial charge in [0.1, 0.15) is 5.75 Å². The highest BCUT2D eigenvalue weighted by atomic mass is 32.2. The molecule has 4 rings (SSSR count). The summed E-state index contributed by atoms with van der Waals surface area (Å²) < 4.78 is 6.86.